The van der Waals surface area contributed by atoms with E-state index in [1.807, 2.05) is 12.1 Å². The number of H-pyrrole nitrogens is 1. The number of fused-ring (bicyclic) bond motifs is 1. The van der Waals surface area contributed by atoms with E-state index in [1.54, 1.807) is 0 Å². The van der Waals surface area contributed by atoms with Gasteiger partial charge in [-0.05, 0) is 36.5 Å². The second kappa shape index (κ2) is 5.12. The maximum atomic E-state index is 12.4. The molecule has 4 rings (SSSR count). The smallest absolute Gasteiger partial charge is 0.225 e. The molecule has 6 nitrogen and oxygen atoms in total. The molecule has 0 bridgehead atoms. The number of aromatic amines is 1. The quantitative estimate of drug-likeness (QED) is 0.896. The maximum Gasteiger partial charge on any atom is 0.225 e. The zero-order valence-electron chi connectivity index (χ0n) is 12.3. The van der Waals surface area contributed by atoms with Gasteiger partial charge in [0.1, 0.15) is 17.9 Å². The summed E-state index contributed by atoms with van der Waals surface area (Å²) in [5, 5.41) is 9.93. The molecule has 2 N–H and O–H groups in total. The average molecular weight is 298 g/mol. The Labute approximate surface area is 128 Å². The predicted molar refractivity (Wildman–Crippen MR) is 79.4 cm³/mol. The fraction of sp³-hybridized carbons (Fsp3) is 0.438. The molecule has 1 aromatic carbocycles. The van der Waals surface area contributed by atoms with Crippen LogP contribution in [-0.2, 0) is 23.2 Å². The lowest BCUT2D eigenvalue weighted by Crippen LogP contribution is -2.52. The number of hydrogen-bond donors (Lipinski definition) is 2. The molecule has 1 aromatic heterocycles. The van der Waals surface area contributed by atoms with Crippen LogP contribution >= 0.6 is 0 Å². The van der Waals surface area contributed by atoms with Crippen molar-refractivity contribution < 1.29 is 9.53 Å². The largest absolute Gasteiger partial charge is 0.493 e. The number of carbonyl (C=O) groups is 1. The van der Waals surface area contributed by atoms with Gasteiger partial charge in [-0.25, -0.2) is 4.98 Å². The third-order valence-corrected chi connectivity index (χ3v) is 4.57. The molecule has 1 fully saturated rings. The number of carbonyl (C=O) groups excluding carboxylic acids is 1. The van der Waals surface area contributed by atoms with Gasteiger partial charge in [-0.2, -0.15) is 5.10 Å². The summed E-state index contributed by atoms with van der Waals surface area (Å²) in [5.74, 6) is 1.73. The fourth-order valence-corrected chi connectivity index (χ4v) is 3.23. The molecular weight excluding hydrogens is 280 g/mol. The van der Waals surface area contributed by atoms with Gasteiger partial charge in [0.25, 0.3) is 0 Å². The summed E-state index contributed by atoms with van der Waals surface area (Å²) in [4.78, 5) is 16.6. The van der Waals surface area contributed by atoms with Gasteiger partial charge < -0.3 is 10.1 Å². The van der Waals surface area contributed by atoms with Gasteiger partial charge in [0.2, 0.25) is 5.91 Å². The minimum atomic E-state index is -0.354. The first-order valence-corrected chi connectivity index (χ1v) is 7.67. The van der Waals surface area contributed by atoms with Gasteiger partial charge >= 0.3 is 0 Å². The van der Waals surface area contributed by atoms with Crippen molar-refractivity contribution in [3.8, 4) is 5.75 Å². The molecule has 1 saturated carbocycles. The zero-order valence-corrected chi connectivity index (χ0v) is 12.3. The number of nitrogens with zero attached hydrogens (tertiary/aromatic N) is 2. The number of ether oxygens (including phenoxy) is 1. The van der Waals surface area contributed by atoms with Crippen LogP contribution in [0.3, 0.4) is 0 Å². The summed E-state index contributed by atoms with van der Waals surface area (Å²) in [6.07, 6.45) is 5.70. The molecule has 6 heteroatoms. The van der Waals surface area contributed by atoms with Crippen LogP contribution in [0.15, 0.2) is 24.5 Å². The zero-order chi connectivity index (χ0) is 15.0. The Morgan fingerprint density at radius 1 is 1.41 bits per heavy atom. The number of benzene rings is 1. The van der Waals surface area contributed by atoms with Crippen LogP contribution in [0, 0.1) is 0 Å². The molecule has 114 valence electrons. The molecule has 1 aliphatic carbocycles. The summed E-state index contributed by atoms with van der Waals surface area (Å²) in [7, 11) is 0. The lowest BCUT2D eigenvalue weighted by molar-refractivity contribution is -0.123. The SMILES string of the molecule is O=C(Cc1ccc2c(c1)CCO2)NC1(c2ncn[nH]2)CCC1. The summed E-state index contributed by atoms with van der Waals surface area (Å²) in [6.45, 7) is 0.736. The molecule has 0 spiro atoms. The number of hydrogen-bond acceptors (Lipinski definition) is 4. The molecule has 0 unspecified atom stereocenters. The molecule has 0 radical (unpaired) electrons. The van der Waals surface area contributed by atoms with E-state index >= 15 is 0 Å². The van der Waals surface area contributed by atoms with E-state index < -0.39 is 0 Å². The molecule has 22 heavy (non-hydrogen) atoms. The molecule has 0 saturated heterocycles. The Balaban J connectivity index is 1.46. The van der Waals surface area contributed by atoms with Crippen LogP contribution in [0.1, 0.15) is 36.2 Å². The van der Waals surface area contributed by atoms with Crippen LogP contribution in [-0.4, -0.2) is 27.7 Å². The highest BCUT2D eigenvalue weighted by Crippen LogP contribution is 2.39. The van der Waals surface area contributed by atoms with E-state index in [-0.39, 0.29) is 11.4 Å². The highest BCUT2D eigenvalue weighted by molar-refractivity contribution is 5.79. The van der Waals surface area contributed by atoms with Crippen molar-refractivity contribution in [2.75, 3.05) is 6.61 Å². The molecule has 0 atom stereocenters. The van der Waals surface area contributed by atoms with Crippen LogP contribution < -0.4 is 10.1 Å². The Morgan fingerprint density at radius 3 is 3.05 bits per heavy atom. The lowest BCUT2D eigenvalue weighted by Gasteiger charge is -2.40. The van der Waals surface area contributed by atoms with E-state index in [0.717, 1.165) is 49.4 Å². The third-order valence-electron chi connectivity index (χ3n) is 4.57. The number of aromatic nitrogens is 3. The Kier molecular flexibility index (Phi) is 3.10. The topological polar surface area (TPSA) is 79.9 Å². The second-order valence-electron chi connectivity index (χ2n) is 6.04. The summed E-state index contributed by atoms with van der Waals surface area (Å²) < 4.78 is 5.49. The molecule has 1 amide bonds. The van der Waals surface area contributed by atoms with E-state index in [4.69, 9.17) is 4.74 Å². The Morgan fingerprint density at radius 2 is 2.32 bits per heavy atom. The first-order valence-electron chi connectivity index (χ1n) is 7.67. The highest BCUT2D eigenvalue weighted by Gasteiger charge is 2.42. The van der Waals surface area contributed by atoms with Crippen molar-refractivity contribution in [1.82, 2.24) is 20.5 Å². The van der Waals surface area contributed by atoms with Crippen LogP contribution in [0.4, 0.5) is 0 Å². The van der Waals surface area contributed by atoms with Crippen molar-refractivity contribution in [3.63, 3.8) is 0 Å². The van der Waals surface area contributed by atoms with Gasteiger partial charge in [0.05, 0.1) is 18.6 Å². The molecule has 2 aliphatic rings. The monoisotopic (exact) mass is 298 g/mol. The lowest BCUT2D eigenvalue weighted by atomic mass is 9.76. The number of nitrogens with one attached hydrogen (secondary N) is 2. The molecular formula is C16H18N4O2. The average Bonchev–Trinajstić information content (AvgIpc) is 3.13. The van der Waals surface area contributed by atoms with E-state index in [0.29, 0.717) is 6.42 Å². The van der Waals surface area contributed by atoms with Gasteiger partial charge in [-0.1, -0.05) is 12.1 Å². The summed E-state index contributed by atoms with van der Waals surface area (Å²) in [5.41, 5.74) is 1.86. The molecule has 1 aliphatic heterocycles. The van der Waals surface area contributed by atoms with Crippen molar-refractivity contribution >= 4 is 5.91 Å². The molecule has 2 aromatic rings. The number of amides is 1. The summed E-state index contributed by atoms with van der Waals surface area (Å²) in [6, 6.07) is 6.00. The minimum absolute atomic E-state index is 0.0231. The van der Waals surface area contributed by atoms with Crippen LogP contribution in [0.25, 0.3) is 0 Å². The third kappa shape index (κ3) is 2.24. The van der Waals surface area contributed by atoms with Gasteiger partial charge in [0.15, 0.2) is 0 Å². The summed E-state index contributed by atoms with van der Waals surface area (Å²) >= 11 is 0. The van der Waals surface area contributed by atoms with E-state index in [2.05, 4.69) is 26.6 Å². The predicted octanol–water partition coefficient (Wildman–Crippen LogP) is 1.48. The van der Waals surface area contributed by atoms with Gasteiger partial charge in [0, 0.05) is 6.42 Å². The van der Waals surface area contributed by atoms with Crippen LogP contribution in [0.5, 0.6) is 5.75 Å². The molecule has 2 heterocycles. The highest BCUT2D eigenvalue weighted by atomic mass is 16.5. The van der Waals surface area contributed by atoms with Crippen molar-refractivity contribution in [1.29, 1.82) is 0 Å². The normalized spacial score (nSPS) is 18.2. The standard InChI is InChI=1S/C16H18N4O2/c21-14(9-11-2-3-13-12(8-11)4-7-22-13)19-16(5-1-6-16)15-17-10-18-20-15/h2-3,8,10H,1,4-7,9H2,(H,19,21)(H,17,18,20). The van der Waals surface area contributed by atoms with Gasteiger partial charge in [-0.15, -0.1) is 0 Å². The van der Waals surface area contributed by atoms with Crippen LogP contribution in [0.2, 0.25) is 0 Å². The minimum Gasteiger partial charge on any atom is -0.493 e. The number of rotatable bonds is 4. The fourth-order valence-electron chi connectivity index (χ4n) is 3.23. The Bertz CT molecular complexity index is 692. The van der Waals surface area contributed by atoms with Crippen molar-refractivity contribution in [2.45, 2.75) is 37.6 Å². The maximum absolute atomic E-state index is 12.4. The first-order chi connectivity index (χ1) is 10.8. The van der Waals surface area contributed by atoms with E-state index in [1.165, 1.54) is 11.9 Å². The van der Waals surface area contributed by atoms with Crippen molar-refractivity contribution in [3.05, 3.63) is 41.5 Å². The Hall–Kier alpha value is -2.37. The van der Waals surface area contributed by atoms with E-state index in [9.17, 15) is 4.79 Å². The first kappa shape index (κ1) is 13.3. The van der Waals surface area contributed by atoms with Gasteiger partial charge in [-0.3, -0.25) is 9.89 Å². The second-order valence-corrected chi connectivity index (χ2v) is 6.04. The van der Waals surface area contributed by atoms with Crippen molar-refractivity contribution in [2.24, 2.45) is 0 Å².